The van der Waals surface area contributed by atoms with Crippen molar-refractivity contribution in [1.29, 1.82) is 0 Å². The van der Waals surface area contributed by atoms with E-state index < -0.39 is 0 Å². The van der Waals surface area contributed by atoms with E-state index in [1.807, 2.05) is 0 Å². The summed E-state index contributed by atoms with van der Waals surface area (Å²) in [6, 6.07) is 8.53. The smallest absolute Gasteiger partial charge is 0.171 e. The Bertz CT molecular complexity index is 547. The summed E-state index contributed by atoms with van der Waals surface area (Å²) in [6.45, 7) is 11.6. The summed E-state index contributed by atoms with van der Waals surface area (Å²) in [7, 11) is 0. The lowest BCUT2D eigenvalue weighted by Gasteiger charge is -2.20. The van der Waals surface area contributed by atoms with Crippen LogP contribution in [0.1, 0.15) is 51.7 Å². The van der Waals surface area contributed by atoms with Gasteiger partial charge in [0.15, 0.2) is 5.76 Å². The highest BCUT2D eigenvalue weighted by Gasteiger charge is 2.14. The van der Waals surface area contributed by atoms with Gasteiger partial charge < -0.3 is 9.84 Å². The van der Waals surface area contributed by atoms with E-state index in [9.17, 15) is 0 Å². The molecule has 0 saturated carbocycles. The van der Waals surface area contributed by atoms with Gasteiger partial charge in [0.05, 0.1) is 6.20 Å². The van der Waals surface area contributed by atoms with Crippen LogP contribution in [-0.2, 0) is 6.54 Å². The molecule has 0 saturated heterocycles. The molecule has 1 aromatic heterocycles. The first-order valence-electron chi connectivity index (χ1n) is 7.16. The van der Waals surface area contributed by atoms with E-state index in [0.29, 0.717) is 5.92 Å². The predicted octanol–water partition coefficient (Wildman–Crippen LogP) is 4.35. The highest BCUT2D eigenvalue weighted by atomic mass is 16.5. The van der Waals surface area contributed by atoms with Gasteiger partial charge in [0, 0.05) is 23.2 Å². The molecule has 2 rings (SSSR count). The van der Waals surface area contributed by atoms with E-state index in [1.54, 1.807) is 6.20 Å². The first-order valence-corrected chi connectivity index (χ1v) is 7.16. The second kappa shape index (κ2) is 5.80. The molecule has 0 atom stereocenters. The third kappa shape index (κ3) is 3.70. The van der Waals surface area contributed by atoms with E-state index in [2.05, 4.69) is 69.4 Å². The second-order valence-electron chi connectivity index (χ2n) is 6.56. The fourth-order valence-corrected chi connectivity index (χ4v) is 2.00. The lowest BCUT2D eigenvalue weighted by Crippen LogP contribution is -2.35. The van der Waals surface area contributed by atoms with Crippen LogP contribution in [0.5, 0.6) is 0 Å². The number of hydrogen-bond donors (Lipinski definition) is 1. The van der Waals surface area contributed by atoms with Gasteiger partial charge in [-0.3, -0.25) is 0 Å². The molecule has 0 spiro atoms. The van der Waals surface area contributed by atoms with Crippen LogP contribution in [0.15, 0.2) is 35.0 Å². The van der Waals surface area contributed by atoms with E-state index >= 15 is 0 Å². The zero-order valence-corrected chi connectivity index (χ0v) is 13.0. The molecule has 20 heavy (non-hydrogen) atoms. The Balaban J connectivity index is 2.19. The summed E-state index contributed by atoms with van der Waals surface area (Å²) in [5.41, 5.74) is 3.59. The summed E-state index contributed by atoms with van der Waals surface area (Å²) in [5.74, 6) is 1.40. The molecule has 0 aliphatic rings. The standard InChI is InChI=1S/C17H24N2O/c1-12(2)13-6-8-14(9-7-13)16-15(11-19-20-16)10-18-17(3,4)5/h6-9,11-12,18H,10H2,1-5H3. The maximum Gasteiger partial charge on any atom is 0.171 e. The molecule has 0 aliphatic heterocycles. The molecule has 0 unspecified atom stereocenters. The molecular formula is C17H24N2O. The Morgan fingerprint density at radius 2 is 1.80 bits per heavy atom. The average molecular weight is 272 g/mol. The molecule has 3 heteroatoms. The third-order valence-electron chi connectivity index (χ3n) is 3.29. The summed E-state index contributed by atoms with van der Waals surface area (Å²) in [6.07, 6.45) is 1.80. The number of rotatable bonds is 4. The second-order valence-corrected chi connectivity index (χ2v) is 6.56. The highest BCUT2D eigenvalue weighted by molar-refractivity contribution is 5.61. The summed E-state index contributed by atoms with van der Waals surface area (Å²) in [4.78, 5) is 0. The highest BCUT2D eigenvalue weighted by Crippen LogP contribution is 2.26. The lowest BCUT2D eigenvalue weighted by molar-refractivity contribution is 0.418. The first kappa shape index (κ1) is 14.8. The normalized spacial score (nSPS) is 12.1. The zero-order valence-electron chi connectivity index (χ0n) is 13.0. The molecule has 3 nitrogen and oxygen atoms in total. The van der Waals surface area contributed by atoms with Crippen molar-refractivity contribution in [2.75, 3.05) is 0 Å². The fourth-order valence-electron chi connectivity index (χ4n) is 2.00. The first-order chi connectivity index (χ1) is 9.37. The summed E-state index contributed by atoms with van der Waals surface area (Å²) in [5, 5.41) is 7.41. The van der Waals surface area contributed by atoms with Crippen molar-refractivity contribution in [2.24, 2.45) is 0 Å². The molecular weight excluding hydrogens is 248 g/mol. The van der Waals surface area contributed by atoms with Gasteiger partial charge >= 0.3 is 0 Å². The van der Waals surface area contributed by atoms with Crippen molar-refractivity contribution in [2.45, 2.75) is 52.6 Å². The van der Waals surface area contributed by atoms with Gasteiger partial charge in [0.2, 0.25) is 0 Å². The Morgan fingerprint density at radius 1 is 1.15 bits per heavy atom. The van der Waals surface area contributed by atoms with Crippen molar-refractivity contribution in [3.8, 4) is 11.3 Å². The molecule has 1 heterocycles. The van der Waals surface area contributed by atoms with Gasteiger partial charge in [-0.15, -0.1) is 0 Å². The van der Waals surface area contributed by atoms with Crippen molar-refractivity contribution in [3.05, 3.63) is 41.6 Å². The van der Waals surface area contributed by atoms with Gasteiger partial charge in [-0.25, -0.2) is 0 Å². The monoisotopic (exact) mass is 272 g/mol. The summed E-state index contributed by atoms with van der Waals surface area (Å²) >= 11 is 0. The number of nitrogens with zero attached hydrogens (tertiary/aromatic N) is 1. The SMILES string of the molecule is CC(C)c1ccc(-c2oncc2CNC(C)(C)C)cc1. The largest absolute Gasteiger partial charge is 0.356 e. The number of hydrogen-bond acceptors (Lipinski definition) is 3. The van der Waals surface area contributed by atoms with Crippen LogP contribution in [0.2, 0.25) is 0 Å². The maximum absolute atomic E-state index is 5.43. The molecule has 108 valence electrons. The van der Waals surface area contributed by atoms with E-state index in [0.717, 1.165) is 23.4 Å². The molecule has 1 aromatic carbocycles. The van der Waals surface area contributed by atoms with Crippen molar-refractivity contribution >= 4 is 0 Å². The van der Waals surface area contributed by atoms with Crippen LogP contribution in [0, 0.1) is 0 Å². The fraction of sp³-hybridized carbons (Fsp3) is 0.471. The van der Waals surface area contributed by atoms with Crippen LogP contribution >= 0.6 is 0 Å². The predicted molar refractivity (Wildman–Crippen MR) is 82.6 cm³/mol. The van der Waals surface area contributed by atoms with Crippen LogP contribution in [0.25, 0.3) is 11.3 Å². The zero-order chi connectivity index (χ0) is 14.8. The molecule has 0 bridgehead atoms. The van der Waals surface area contributed by atoms with Crippen LogP contribution < -0.4 is 5.32 Å². The minimum absolute atomic E-state index is 0.0794. The molecule has 0 amide bonds. The molecule has 2 aromatic rings. The maximum atomic E-state index is 5.43. The molecule has 0 fully saturated rings. The van der Waals surface area contributed by atoms with E-state index in [-0.39, 0.29) is 5.54 Å². The minimum Gasteiger partial charge on any atom is -0.356 e. The van der Waals surface area contributed by atoms with Crippen molar-refractivity contribution in [3.63, 3.8) is 0 Å². The number of aromatic nitrogens is 1. The number of benzene rings is 1. The van der Waals surface area contributed by atoms with Gasteiger partial charge in [-0.05, 0) is 32.3 Å². The minimum atomic E-state index is 0.0794. The summed E-state index contributed by atoms with van der Waals surface area (Å²) < 4.78 is 5.43. The molecule has 0 radical (unpaired) electrons. The molecule has 1 N–H and O–H groups in total. The van der Waals surface area contributed by atoms with Gasteiger partial charge in [0.25, 0.3) is 0 Å². The average Bonchev–Trinajstić information content (AvgIpc) is 2.84. The van der Waals surface area contributed by atoms with E-state index in [1.165, 1.54) is 5.56 Å². The third-order valence-corrected chi connectivity index (χ3v) is 3.29. The lowest BCUT2D eigenvalue weighted by atomic mass is 10.00. The van der Waals surface area contributed by atoms with Crippen molar-refractivity contribution in [1.82, 2.24) is 10.5 Å². The van der Waals surface area contributed by atoms with Gasteiger partial charge in [-0.2, -0.15) is 0 Å². The Morgan fingerprint density at radius 3 is 2.35 bits per heavy atom. The topological polar surface area (TPSA) is 38.1 Å². The Labute approximate surface area is 121 Å². The van der Waals surface area contributed by atoms with Crippen LogP contribution in [0.4, 0.5) is 0 Å². The Hall–Kier alpha value is -1.61. The molecule has 0 aliphatic carbocycles. The van der Waals surface area contributed by atoms with Gasteiger partial charge in [-0.1, -0.05) is 43.3 Å². The van der Waals surface area contributed by atoms with Crippen LogP contribution in [-0.4, -0.2) is 10.7 Å². The van der Waals surface area contributed by atoms with Gasteiger partial charge in [0.1, 0.15) is 0 Å². The van der Waals surface area contributed by atoms with E-state index in [4.69, 9.17) is 4.52 Å². The van der Waals surface area contributed by atoms with Crippen molar-refractivity contribution < 1.29 is 4.52 Å². The quantitative estimate of drug-likeness (QED) is 0.899. The number of nitrogens with one attached hydrogen (secondary N) is 1. The Kier molecular flexibility index (Phi) is 4.29. The van der Waals surface area contributed by atoms with Crippen LogP contribution in [0.3, 0.4) is 0 Å².